The fourth-order valence-corrected chi connectivity index (χ4v) is 1.52. The Morgan fingerprint density at radius 2 is 2.00 bits per heavy atom. The molecule has 1 nitrogen and oxygen atoms in total. The van der Waals surface area contributed by atoms with Crippen LogP contribution in [0.5, 0.6) is 0 Å². The summed E-state index contributed by atoms with van der Waals surface area (Å²) >= 11 is 3.02. The van der Waals surface area contributed by atoms with Gasteiger partial charge in [0.2, 0.25) is 0 Å². The predicted molar refractivity (Wildman–Crippen MR) is 49.5 cm³/mol. The number of nitrogens with zero attached hydrogens (tertiary/aromatic N) is 1. The molecule has 0 aromatic heterocycles. The minimum atomic E-state index is -3.07. The van der Waals surface area contributed by atoms with Crippen LogP contribution in [0.15, 0.2) is 28.7 Å². The normalized spacial score (nSPS) is 10.9. The first-order chi connectivity index (χ1) is 6.08. The molecule has 0 aliphatic heterocycles. The second-order valence-corrected chi connectivity index (χ2v) is 3.35. The molecule has 0 unspecified atom stereocenters. The van der Waals surface area contributed by atoms with Crippen molar-refractivity contribution in [2.24, 2.45) is 0 Å². The lowest BCUT2D eigenvalue weighted by Crippen LogP contribution is -2.17. The van der Waals surface area contributed by atoms with Gasteiger partial charge in [0.1, 0.15) is 0 Å². The molecule has 0 saturated heterocycles. The van der Waals surface area contributed by atoms with E-state index in [2.05, 4.69) is 20.8 Å². The molecule has 0 N–H and O–H groups in total. The second-order valence-electron chi connectivity index (χ2n) is 2.50. The van der Waals surface area contributed by atoms with E-state index in [1.807, 2.05) is 0 Å². The molecular weight excluding hydrogens is 240 g/mol. The first kappa shape index (κ1) is 10.1. The summed E-state index contributed by atoms with van der Waals surface area (Å²) in [6, 6.07) is 6.03. The molecule has 0 aliphatic carbocycles. The summed E-state index contributed by atoms with van der Waals surface area (Å²) in [6.45, 7) is 5.60. The van der Waals surface area contributed by atoms with Crippen molar-refractivity contribution in [3.63, 3.8) is 0 Å². The average molecular weight is 246 g/mol. The number of rotatable bonds is 2. The van der Waals surface area contributed by atoms with Crippen LogP contribution in [0, 0.1) is 6.57 Å². The van der Waals surface area contributed by atoms with Crippen molar-refractivity contribution in [2.75, 3.05) is 6.54 Å². The van der Waals surface area contributed by atoms with Crippen molar-refractivity contribution in [1.29, 1.82) is 0 Å². The molecule has 68 valence electrons. The molecule has 0 heterocycles. The van der Waals surface area contributed by atoms with Crippen LogP contribution >= 0.6 is 15.9 Å². The van der Waals surface area contributed by atoms with Crippen LogP contribution in [0.2, 0.25) is 0 Å². The van der Waals surface area contributed by atoms with Gasteiger partial charge < -0.3 is 4.85 Å². The fraction of sp³-hybridized carbons (Fsp3) is 0.222. The molecule has 0 aliphatic rings. The highest BCUT2D eigenvalue weighted by Crippen LogP contribution is 2.33. The van der Waals surface area contributed by atoms with E-state index in [0.29, 0.717) is 4.47 Å². The molecular formula is C9H6BrF2N. The van der Waals surface area contributed by atoms with Gasteiger partial charge in [-0.25, -0.2) is 6.57 Å². The Labute approximate surface area is 83.3 Å². The molecule has 13 heavy (non-hydrogen) atoms. The highest BCUT2D eigenvalue weighted by atomic mass is 79.9. The van der Waals surface area contributed by atoms with E-state index in [4.69, 9.17) is 6.57 Å². The number of halogens is 3. The van der Waals surface area contributed by atoms with Gasteiger partial charge in [0.15, 0.2) is 0 Å². The van der Waals surface area contributed by atoms with Crippen LogP contribution in [0.3, 0.4) is 0 Å². The maximum Gasteiger partial charge on any atom is 0.344 e. The first-order valence-electron chi connectivity index (χ1n) is 3.54. The Hall–Kier alpha value is -0.950. The molecule has 4 heteroatoms. The zero-order chi connectivity index (χ0) is 9.90. The van der Waals surface area contributed by atoms with Crippen LogP contribution in [0.25, 0.3) is 4.85 Å². The van der Waals surface area contributed by atoms with Gasteiger partial charge in [0, 0.05) is 10.0 Å². The van der Waals surface area contributed by atoms with Gasteiger partial charge in [-0.1, -0.05) is 34.1 Å². The topological polar surface area (TPSA) is 4.36 Å². The van der Waals surface area contributed by atoms with Crippen molar-refractivity contribution < 1.29 is 8.78 Å². The number of benzene rings is 1. The average Bonchev–Trinajstić information content (AvgIpc) is 2.04. The Balaban J connectivity index is 3.08. The van der Waals surface area contributed by atoms with Gasteiger partial charge in [-0.3, -0.25) is 0 Å². The summed E-state index contributed by atoms with van der Waals surface area (Å²) in [6.07, 6.45) is 0. The Bertz CT molecular complexity index is 344. The minimum Gasteiger partial charge on any atom is -0.310 e. The maximum atomic E-state index is 13.2. The fourth-order valence-electron chi connectivity index (χ4n) is 0.942. The maximum absolute atomic E-state index is 13.2. The summed E-state index contributed by atoms with van der Waals surface area (Å²) in [5, 5.41) is 0. The van der Waals surface area contributed by atoms with E-state index < -0.39 is 12.5 Å². The SMILES string of the molecule is [C-]#[N+]CC(F)(F)c1ccccc1Br. The number of hydrogen-bond donors (Lipinski definition) is 0. The largest absolute Gasteiger partial charge is 0.344 e. The quantitative estimate of drug-likeness (QED) is 0.704. The van der Waals surface area contributed by atoms with Crippen molar-refractivity contribution >= 4 is 15.9 Å². The van der Waals surface area contributed by atoms with E-state index in [-0.39, 0.29) is 5.56 Å². The van der Waals surface area contributed by atoms with Crippen LogP contribution in [0.4, 0.5) is 8.78 Å². The molecule has 0 radical (unpaired) electrons. The standard InChI is InChI=1S/C9H6BrF2N/c1-13-6-9(11,12)7-4-2-3-5-8(7)10/h2-5H,6H2. The highest BCUT2D eigenvalue weighted by molar-refractivity contribution is 9.10. The van der Waals surface area contributed by atoms with Gasteiger partial charge in [-0.15, -0.1) is 0 Å². The molecule has 1 aromatic rings. The third-order valence-corrected chi connectivity index (χ3v) is 2.24. The second kappa shape index (κ2) is 3.84. The van der Waals surface area contributed by atoms with E-state index in [1.165, 1.54) is 18.2 Å². The minimum absolute atomic E-state index is 0.133. The Kier molecular flexibility index (Phi) is 2.99. The first-order valence-corrected chi connectivity index (χ1v) is 4.33. The van der Waals surface area contributed by atoms with Crippen LogP contribution in [0.1, 0.15) is 5.56 Å². The molecule has 0 bridgehead atoms. The van der Waals surface area contributed by atoms with Crippen LogP contribution in [-0.2, 0) is 5.92 Å². The van der Waals surface area contributed by atoms with E-state index in [9.17, 15) is 8.78 Å². The summed E-state index contributed by atoms with van der Waals surface area (Å²) < 4.78 is 26.7. The molecule has 0 fully saturated rings. The summed E-state index contributed by atoms with van der Waals surface area (Å²) in [5.41, 5.74) is -0.133. The molecule has 0 saturated carbocycles. The lowest BCUT2D eigenvalue weighted by molar-refractivity contribution is 0.0134. The van der Waals surface area contributed by atoms with Crippen molar-refractivity contribution in [3.05, 3.63) is 45.7 Å². The lowest BCUT2D eigenvalue weighted by Gasteiger charge is -2.11. The van der Waals surface area contributed by atoms with Crippen molar-refractivity contribution in [1.82, 2.24) is 0 Å². The van der Waals surface area contributed by atoms with Gasteiger partial charge >= 0.3 is 5.92 Å². The number of hydrogen-bond acceptors (Lipinski definition) is 0. The molecule has 0 spiro atoms. The molecule has 0 amide bonds. The van der Waals surface area contributed by atoms with E-state index in [0.717, 1.165) is 0 Å². The van der Waals surface area contributed by atoms with Crippen molar-refractivity contribution in [2.45, 2.75) is 5.92 Å². The van der Waals surface area contributed by atoms with E-state index >= 15 is 0 Å². The summed E-state index contributed by atoms with van der Waals surface area (Å²) in [7, 11) is 0. The van der Waals surface area contributed by atoms with Crippen molar-refractivity contribution in [3.8, 4) is 0 Å². The zero-order valence-corrected chi connectivity index (χ0v) is 8.18. The van der Waals surface area contributed by atoms with Gasteiger partial charge in [-0.05, 0) is 6.07 Å². The third-order valence-electron chi connectivity index (χ3n) is 1.55. The monoisotopic (exact) mass is 245 g/mol. The van der Waals surface area contributed by atoms with E-state index in [1.54, 1.807) is 6.07 Å². The number of alkyl halides is 2. The van der Waals surface area contributed by atoms with Crippen LogP contribution < -0.4 is 0 Å². The third kappa shape index (κ3) is 2.25. The summed E-state index contributed by atoms with van der Waals surface area (Å²) in [4.78, 5) is 2.70. The van der Waals surface area contributed by atoms with Gasteiger partial charge in [0.05, 0.1) is 0 Å². The highest BCUT2D eigenvalue weighted by Gasteiger charge is 2.36. The van der Waals surface area contributed by atoms with Gasteiger partial charge in [0.25, 0.3) is 6.54 Å². The summed E-state index contributed by atoms with van der Waals surface area (Å²) in [5.74, 6) is -3.07. The smallest absolute Gasteiger partial charge is 0.310 e. The lowest BCUT2D eigenvalue weighted by atomic mass is 10.1. The van der Waals surface area contributed by atoms with Gasteiger partial charge in [-0.2, -0.15) is 8.78 Å². The zero-order valence-electron chi connectivity index (χ0n) is 6.60. The Morgan fingerprint density at radius 1 is 1.38 bits per heavy atom. The predicted octanol–water partition coefficient (Wildman–Crippen LogP) is 3.46. The Morgan fingerprint density at radius 3 is 2.54 bits per heavy atom. The molecule has 1 rings (SSSR count). The molecule has 0 atom stereocenters. The molecule has 1 aromatic carbocycles. The van der Waals surface area contributed by atoms with Crippen LogP contribution in [-0.4, -0.2) is 6.54 Å².